The van der Waals surface area contributed by atoms with E-state index in [0.717, 1.165) is 16.7 Å². The molecule has 5 heteroatoms. The van der Waals surface area contributed by atoms with Crippen molar-refractivity contribution in [2.45, 2.75) is 25.4 Å². The maximum atomic E-state index is 6.14. The van der Waals surface area contributed by atoms with Gasteiger partial charge in [-0.05, 0) is 37.1 Å². The molecule has 1 aliphatic rings. The summed E-state index contributed by atoms with van der Waals surface area (Å²) in [7, 11) is 0. The van der Waals surface area contributed by atoms with Crippen LogP contribution >= 0.6 is 27.5 Å². The predicted octanol–water partition coefficient (Wildman–Crippen LogP) is 4.54. The summed E-state index contributed by atoms with van der Waals surface area (Å²) in [5, 5.41) is 3.99. The molecule has 1 saturated carbocycles. The number of aromatic nitrogens is 1. The third-order valence-corrected chi connectivity index (χ3v) is 3.83. The second kappa shape index (κ2) is 6.12. The van der Waals surface area contributed by atoms with Crippen molar-refractivity contribution in [1.29, 1.82) is 0 Å². The fourth-order valence-corrected chi connectivity index (χ4v) is 2.53. The molecule has 3 rings (SSSR count). The Morgan fingerprint density at radius 1 is 1.30 bits per heavy atom. The molecule has 0 unspecified atom stereocenters. The van der Waals surface area contributed by atoms with E-state index in [0.29, 0.717) is 22.7 Å². The molecule has 2 aromatic rings. The van der Waals surface area contributed by atoms with Crippen LogP contribution in [0.2, 0.25) is 5.02 Å². The van der Waals surface area contributed by atoms with E-state index in [1.54, 1.807) is 6.07 Å². The maximum Gasteiger partial charge on any atom is 0.219 e. The van der Waals surface area contributed by atoms with E-state index < -0.39 is 0 Å². The Balaban J connectivity index is 1.70. The lowest BCUT2D eigenvalue weighted by Crippen LogP contribution is -2.16. The van der Waals surface area contributed by atoms with Gasteiger partial charge in [0, 0.05) is 23.1 Å². The first-order valence-corrected chi connectivity index (χ1v) is 7.70. The Bertz CT molecular complexity index is 617. The molecule has 1 fully saturated rings. The van der Waals surface area contributed by atoms with Crippen molar-refractivity contribution in [3.8, 4) is 11.6 Å². The third-order valence-electron chi connectivity index (χ3n) is 3.04. The Kier molecular flexibility index (Phi) is 4.24. The average Bonchev–Trinajstić information content (AvgIpc) is 3.24. The van der Waals surface area contributed by atoms with E-state index in [1.165, 1.54) is 12.8 Å². The van der Waals surface area contributed by atoms with E-state index in [9.17, 15) is 0 Å². The normalized spacial score (nSPS) is 14.3. The predicted molar refractivity (Wildman–Crippen MR) is 83.3 cm³/mol. The van der Waals surface area contributed by atoms with Crippen molar-refractivity contribution < 1.29 is 4.74 Å². The van der Waals surface area contributed by atoms with E-state index >= 15 is 0 Å². The highest BCUT2D eigenvalue weighted by Gasteiger charge is 2.20. The summed E-state index contributed by atoms with van der Waals surface area (Å²) in [5.41, 5.74) is 0.975. The molecule has 3 nitrogen and oxygen atoms in total. The van der Waals surface area contributed by atoms with E-state index in [1.807, 2.05) is 30.3 Å². The van der Waals surface area contributed by atoms with Gasteiger partial charge in [-0.1, -0.05) is 33.6 Å². The van der Waals surface area contributed by atoms with Crippen LogP contribution in [0.3, 0.4) is 0 Å². The van der Waals surface area contributed by atoms with E-state index in [4.69, 9.17) is 16.3 Å². The molecule has 1 N–H and O–H groups in total. The number of benzene rings is 1. The molecule has 0 saturated heterocycles. The zero-order valence-corrected chi connectivity index (χ0v) is 13.1. The summed E-state index contributed by atoms with van der Waals surface area (Å²) < 4.78 is 6.66. The van der Waals surface area contributed by atoms with Crippen molar-refractivity contribution in [2.75, 3.05) is 0 Å². The van der Waals surface area contributed by atoms with Gasteiger partial charge < -0.3 is 10.1 Å². The SMILES string of the molecule is Clc1cc(Br)ccc1Oc1cccc(CNC2CC2)n1. The Morgan fingerprint density at radius 3 is 2.90 bits per heavy atom. The Hall–Kier alpha value is -1.10. The van der Waals surface area contributed by atoms with Crippen LogP contribution in [-0.4, -0.2) is 11.0 Å². The summed E-state index contributed by atoms with van der Waals surface area (Å²) in [6.45, 7) is 0.774. The highest BCUT2D eigenvalue weighted by Crippen LogP contribution is 2.31. The molecule has 0 aliphatic heterocycles. The quantitative estimate of drug-likeness (QED) is 0.857. The number of pyridine rings is 1. The number of rotatable bonds is 5. The summed E-state index contributed by atoms with van der Waals surface area (Å²) >= 11 is 9.50. The second-order valence-corrected chi connectivity index (χ2v) is 6.12. The number of ether oxygens (including phenoxy) is 1. The molecule has 0 bridgehead atoms. The molecule has 1 aromatic carbocycles. The minimum absolute atomic E-state index is 0.558. The van der Waals surface area contributed by atoms with Gasteiger partial charge in [0.25, 0.3) is 0 Å². The lowest BCUT2D eigenvalue weighted by molar-refractivity contribution is 0.459. The number of nitrogens with one attached hydrogen (secondary N) is 1. The maximum absolute atomic E-state index is 6.14. The highest BCUT2D eigenvalue weighted by atomic mass is 79.9. The van der Waals surface area contributed by atoms with Gasteiger partial charge in [0.2, 0.25) is 5.88 Å². The van der Waals surface area contributed by atoms with Crippen molar-refractivity contribution in [3.05, 3.63) is 51.6 Å². The lowest BCUT2D eigenvalue weighted by Gasteiger charge is -2.08. The van der Waals surface area contributed by atoms with Crippen molar-refractivity contribution in [2.24, 2.45) is 0 Å². The van der Waals surface area contributed by atoms with E-state index in [-0.39, 0.29) is 0 Å². The zero-order valence-electron chi connectivity index (χ0n) is 10.8. The largest absolute Gasteiger partial charge is 0.437 e. The van der Waals surface area contributed by atoms with Crippen LogP contribution in [0.25, 0.3) is 0 Å². The summed E-state index contributed by atoms with van der Waals surface area (Å²) in [5.74, 6) is 1.17. The number of nitrogens with zero attached hydrogens (tertiary/aromatic N) is 1. The summed E-state index contributed by atoms with van der Waals surface area (Å²) in [4.78, 5) is 4.48. The van der Waals surface area contributed by atoms with Crippen LogP contribution in [0.5, 0.6) is 11.6 Å². The molecule has 1 aliphatic carbocycles. The van der Waals surface area contributed by atoms with Gasteiger partial charge in [-0.2, -0.15) is 0 Å². The van der Waals surface area contributed by atoms with Crippen molar-refractivity contribution in [3.63, 3.8) is 0 Å². The van der Waals surface area contributed by atoms with Gasteiger partial charge in [0.05, 0.1) is 10.7 Å². The Morgan fingerprint density at radius 2 is 2.15 bits per heavy atom. The van der Waals surface area contributed by atoms with Gasteiger partial charge >= 0.3 is 0 Å². The topological polar surface area (TPSA) is 34.1 Å². The van der Waals surface area contributed by atoms with Gasteiger partial charge in [0.15, 0.2) is 0 Å². The molecule has 1 heterocycles. The van der Waals surface area contributed by atoms with Gasteiger partial charge in [-0.25, -0.2) is 4.98 Å². The van der Waals surface area contributed by atoms with Crippen LogP contribution < -0.4 is 10.1 Å². The zero-order chi connectivity index (χ0) is 13.9. The summed E-state index contributed by atoms with van der Waals surface area (Å²) in [6.07, 6.45) is 2.54. The van der Waals surface area contributed by atoms with Crippen molar-refractivity contribution >= 4 is 27.5 Å². The van der Waals surface area contributed by atoms with Crippen LogP contribution in [-0.2, 0) is 6.54 Å². The number of halogens is 2. The molecule has 20 heavy (non-hydrogen) atoms. The molecule has 104 valence electrons. The monoisotopic (exact) mass is 352 g/mol. The smallest absolute Gasteiger partial charge is 0.219 e. The number of hydrogen-bond donors (Lipinski definition) is 1. The molecule has 0 amide bonds. The molecule has 0 spiro atoms. The minimum atomic E-state index is 0.558. The average molecular weight is 354 g/mol. The number of hydrogen-bond acceptors (Lipinski definition) is 3. The fraction of sp³-hybridized carbons (Fsp3) is 0.267. The Labute approximate surface area is 131 Å². The van der Waals surface area contributed by atoms with Crippen molar-refractivity contribution in [1.82, 2.24) is 10.3 Å². The second-order valence-electron chi connectivity index (χ2n) is 4.80. The molecule has 1 aromatic heterocycles. The van der Waals surface area contributed by atoms with E-state index in [2.05, 4.69) is 26.2 Å². The lowest BCUT2D eigenvalue weighted by atomic mass is 10.3. The van der Waals surface area contributed by atoms with Gasteiger partial charge in [-0.3, -0.25) is 0 Å². The van der Waals surface area contributed by atoms with Gasteiger partial charge in [-0.15, -0.1) is 0 Å². The molecular weight excluding hydrogens is 340 g/mol. The first-order chi connectivity index (χ1) is 9.70. The molecule has 0 radical (unpaired) electrons. The third kappa shape index (κ3) is 3.72. The highest BCUT2D eigenvalue weighted by molar-refractivity contribution is 9.10. The fourth-order valence-electron chi connectivity index (χ4n) is 1.82. The van der Waals surface area contributed by atoms with Crippen LogP contribution in [0.15, 0.2) is 40.9 Å². The van der Waals surface area contributed by atoms with Crippen LogP contribution in [0.1, 0.15) is 18.5 Å². The standard InChI is InChI=1S/C15H14BrClN2O/c16-10-4-7-14(13(17)8-10)20-15-3-1-2-12(19-15)9-18-11-5-6-11/h1-4,7-8,11,18H,5-6,9H2. The molecule has 0 atom stereocenters. The van der Waals surface area contributed by atoms with Crippen LogP contribution in [0.4, 0.5) is 0 Å². The summed E-state index contributed by atoms with van der Waals surface area (Å²) in [6, 6.07) is 11.9. The van der Waals surface area contributed by atoms with Gasteiger partial charge in [0.1, 0.15) is 5.75 Å². The minimum Gasteiger partial charge on any atom is -0.437 e. The van der Waals surface area contributed by atoms with Crippen LogP contribution in [0, 0.1) is 0 Å². The first kappa shape index (κ1) is 13.9. The first-order valence-electron chi connectivity index (χ1n) is 6.53. The molecular formula is C15H14BrClN2O.